The molecule has 3 N–H and O–H groups in total. The van der Waals surface area contributed by atoms with Crippen molar-refractivity contribution >= 4 is 0 Å². The molecule has 0 heterocycles. The Kier molecular flexibility index (Phi) is 3.30. The SMILES string of the molecule is N.c1ccc(C2(c3ccccc3)CCC2)cc1. The lowest BCUT2D eigenvalue weighted by atomic mass is 9.61. The highest BCUT2D eigenvalue weighted by molar-refractivity contribution is 5.41. The number of benzene rings is 2. The molecular formula is C16H19N. The molecule has 2 aromatic carbocycles. The second-order valence-electron chi connectivity index (χ2n) is 4.67. The molecule has 2 aromatic rings. The highest BCUT2D eigenvalue weighted by atomic mass is 14.4. The van der Waals surface area contributed by atoms with E-state index < -0.39 is 0 Å². The van der Waals surface area contributed by atoms with Crippen molar-refractivity contribution in [1.82, 2.24) is 6.15 Å². The minimum atomic E-state index is 0. The topological polar surface area (TPSA) is 35.0 Å². The van der Waals surface area contributed by atoms with Gasteiger partial charge in [-0.1, -0.05) is 67.1 Å². The Morgan fingerprint density at radius 1 is 0.647 bits per heavy atom. The van der Waals surface area contributed by atoms with E-state index in [4.69, 9.17) is 0 Å². The summed E-state index contributed by atoms with van der Waals surface area (Å²) in [5.41, 5.74) is 3.27. The maximum atomic E-state index is 2.27. The fraction of sp³-hybridized carbons (Fsp3) is 0.250. The van der Waals surface area contributed by atoms with Crippen molar-refractivity contribution in [3.05, 3.63) is 71.8 Å². The number of hydrogen-bond donors (Lipinski definition) is 1. The molecule has 0 bridgehead atoms. The second-order valence-corrected chi connectivity index (χ2v) is 4.67. The third-order valence-electron chi connectivity index (χ3n) is 3.86. The van der Waals surface area contributed by atoms with Gasteiger partial charge in [0.1, 0.15) is 0 Å². The monoisotopic (exact) mass is 225 g/mol. The quantitative estimate of drug-likeness (QED) is 0.811. The molecule has 0 unspecified atom stereocenters. The van der Waals surface area contributed by atoms with E-state index in [1.165, 1.54) is 30.4 Å². The zero-order chi connectivity index (χ0) is 10.8. The lowest BCUT2D eigenvalue weighted by Crippen LogP contribution is -2.35. The van der Waals surface area contributed by atoms with E-state index in [0.29, 0.717) is 5.41 Å². The van der Waals surface area contributed by atoms with E-state index in [1.54, 1.807) is 0 Å². The molecule has 1 nitrogen and oxygen atoms in total. The predicted octanol–water partition coefficient (Wildman–Crippen LogP) is 4.32. The fourth-order valence-corrected chi connectivity index (χ4v) is 2.79. The summed E-state index contributed by atoms with van der Waals surface area (Å²) >= 11 is 0. The maximum absolute atomic E-state index is 2.27. The van der Waals surface area contributed by atoms with Gasteiger partial charge in [0.2, 0.25) is 0 Å². The van der Waals surface area contributed by atoms with Crippen LogP contribution in [-0.4, -0.2) is 0 Å². The van der Waals surface area contributed by atoms with Crippen molar-refractivity contribution in [3.8, 4) is 0 Å². The highest BCUT2D eigenvalue weighted by Crippen LogP contribution is 2.48. The first-order valence-corrected chi connectivity index (χ1v) is 6.03. The molecule has 0 saturated heterocycles. The van der Waals surface area contributed by atoms with Crippen LogP contribution in [0.1, 0.15) is 30.4 Å². The standard InChI is InChI=1S/C16H16.H3N/c1-3-8-14(9-4-1)16(12-7-13-16)15-10-5-2-6-11-15;/h1-6,8-11H,7,12-13H2;1H3. The molecule has 0 atom stereocenters. The van der Waals surface area contributed by atoms with Crippen LogP contribution in [0.3, 0.4) is 0 Å². The summed E-state index contributed by atoms with van der Waals surface area (Å²) in [6, 6.07) is 21.9. The van der Waals surface area contributed by atoms with E-state index in [2.05, 4.69) is 60.7 Å². The zero-order valence-corrected chi connectivity index (χ0v) is 10.1. The zero-order valence-electron chi connectivity index (χ0n) is 10.1. The van der Waals surface area contributed by atoms with E-state index in [9.17, 15) is 0 Å². The summed E-state index contributed by atoms with van der Waals surface area (Å²) in [6.07, 6.45) is 3.94. The Morgan fingerprint density at radius 3 is 1.35 bits per heavy atom. The van der Waals surface area contributed by atoms with Gasteiger partial charge in [-0.25, -0.2) is 0 Å². The van der Waals surface area contributed by atoms with Crippen molar-refractivity contribution in [2.45, 2.75) is 24.7 Å². The van der Waals surface area contributed by atoms with E-state index in [1.807, 2.05) is 0 Å². The van der Waals surface area contributed by atoms with Gasteiger partial charge in [-0.15, -0.1) is 0 Å². The van der Waals surface area contributed by atoms with Crippen molar-refractivity contribution in [1.29, 1.82) is 0 Å². The maximum Gasteiger partial charge on any atom is 0.0202 e. The van der Waals surface area contributed by atoms with E-state index in [-0.39, 0.29) is 6.15 Å². The van der Waals surface area contributed by atoms with Crippen LogP contribution in [-0.2, 0) is 5.41 Å². The Morgan fingerprint density at radius 2 is 1.06 bits per heavy atom. The van der Waals surface area contributed by atoms with E-state index >= 15 is 0 Å². The van der Waals surface area contributed by atoms with Crippen LogP contribution in [0.2, 0.25) is 0 Å². The first kappa shape index (κ1) is 11.9. The Hall–Kier alpha value is -1.60. The van der Waals surface area contributed by atoms with Gasteiger partial charge in [-0.05, 0) is 24.0 Å². The molecular weight excluding hydrogens is 206 g/mol. The summed E-state index contributed by atoms with van der Waals surface area (Å²) in [7, 11) is 0. The molecule has 0 amide bonds. The van der Waals surface area contributed by atoms with Gasteiger partial charge in [0.25, 0.3) is 0 Å². The molecule has 17 heavy (non-hydrogen) atoms. The predicted molar refractivity (Wildman–Crippen MR) is 72.5 cm³/mol. The van der Waals surface area contributed by atoms with Crippen molar-refractivity contribution < 1.29 is 0 Å². The summed E-state index contributed by atoms with van der Waals surface area (Å²) in [5, 5.41) is 0. The van der Waals surface area contributed by atoms with Crippen molar-refractivity contribution in [2.75, 3.05) is 0 Å². The minimum absolute atomic E-state index is 0. The van der Waals surface area contributed by atoms with Gasteiger partial charge in [0.15, 0.2) is 0 Å². The smallest absolute Gasteiger partial charge is 0.0202 e. The molecule has 0 aliphatic heterocycles. The van der Waals surface area contributed by atoms with Gasteiger partial charge >= 0.3 is 0 Å². The lowest BCUT2D eigenvalue weighted by Gasteiger charge is -2.43. The third-order valence-corrected chi connectivity index (χ3v) is 3.86. The molecule has 0 spiro atoms. The van der Waals surface area contributed by atoms with Crippen LogP contribution >= 0.6 is 0 Å². The van der Waals surface area contributed by atoms with Gasteiger partial charge in [0, 0.05) is 5.41 Å². The first-order chi connectivity index (χ1) is 7.92. The number of rotatable bonds is 2. The van der Waals surface area contributed by atoms with Crippen LogP contribution in [0.4, 0.5) is 0 Å². The molecule has 88 valence electrons. The van der Waals surface area contributed by atoms with E-state index in [0.717, 1.165) is 0 Å². The van der Waals surface area contributed by atoms with Gasteiger partial charge in [-0.3, -0.25) is 0 Å². The molecule has 1 saturated carbocycles. The average Bonchev–Trinajstić information content (AvgIpc) is 2.31. The summed E-state index contributed by atoms with van der Waals surface area (Å²) in [4.78, 5) is 0. The Labute approximate surface area is 103 Å². The third kappa shape index (κ3) is 1.87. The normalized spacial score (nSPS) is 16.7. The van der Waals surface area contributed by atoms with Crippen molar-refractivity contribution in [3.63, 3.8) is 0 Å². The Balaban J connectivity index is 0.00000108. The van der Waals surface area contributed by atoms with Crippen LogP contribution in [0.15, 0.2) is 60.7 Å². The second kappa shape index (κ2) is 4.72. The summed E-state index contributed by atoms with van der Waals surface area (Å²) in [6.45, 7) is 0. The van der Waals surface area contributed by atoms with Gasteiger partial charge < -0.3 is 6.15 Å². The number of hydrogen-bond acceptors (Lipinski definition) is 1. The molecule has 1 aliphatic carbocycles. The van der Waals surface area contributed by atoms with Crippen molar-refractivity contribution in [2.24, 2.45) is 0 Å². The van der Waals surface area contributed by atoms with Gasteiger partial charge in [-0.2, -0.15) is 0 Å². The average molecular weight is 225 g/mol. The molecule has 1 fully saturated rings. The minimum Gasteiger partial charge on any atom is -0.344 e. The largest absolute Gasteiger partial charge is 0.344 e. The molecule has 3 rings (SSSR count). The summed E-state index contributed by atoms with van der Waals surface area (Å²) < 4.78 is 0. The molecule has 0 radical (unpaired) electrons. The van der Waals surface area contributed by atoms with Crippen LogP contribution in [0.5, 0.6) is 0 Å². The van der Waals surface area contributed by atoms with Crippen LogP contribution in [0.25, 0.3) is 0 Å². The lowest BCUT2D eigenvalue weighted by molar-refractivity contribution is 0.301. The van der Waals surface area contributed by atoms with Gasteiger partial charge in [0.05, 0.1) is 0 Å². The highest BCUT2D eigenvalue weighted by Gasteiger charge is 2.39. The molecule has 1 heteroatoms. The molecule has 1 aliphatic rings. The van der Waals surface area contributed by atoms with Crippen LogP contribution in [0, 0.1) is 0 Å². The van der Waals surface area contributed by atoms with Crippen LogP contribution < -0.4 is 6.15 Å². The Bertz CT molecular complexity index is 416. The summed E-state index contributed by atoms with van der Waals surface area (Å²) in [5.74, 6) is 0. The molecule has 0 aromatic heterocycles. The fourth-order valence-electron chi connectivity index (χ4n) is 2.79. The first-order valence-electron chi connectivity index (χ1n) is 6.03.